The molecule has 5 heteroatoms. The molecule has 0 saturated heterocycles. The fraction of sp³-hybridized carbons (Fsp3) is 0.138. The summed E-state index contributed by atoms with van der Waals surface area (Å²) >= 11 is 1.88. The molecule has 0 radical (unpaired) electrons. The number of nitrogens with zero attached hydrogens (tertiary/aromatic N) is 2. The SMILES string of the molecule is COc1ccc([C@@]23C[C@@H](c4ccccc4)Sc4ccccc4N2C(c2ccccc2)=NO3)cc1. The third-order valence-corrected chi connectivity index (χ3v) is 7.76. The highest BCUT2D eigenvalue weighted by molar-refractivity contribution is 7.99. The zero-order valence-electron chi connectivity index (χ0n) is 18.8. The van der Waals surface area contributed by atoms with Crippen LogP contribution in [0.4, 0.5) is 5.69 Å². The number of benzene rings is 4. The van der Waals surface area contributed by atoms with Crippen molar-refractivity contribution in [1.29, 1.82) is 0 Å². The zero-order valence-corrected chi connectivity index (χ0v) is 19.6. The van der Waals surface area contributed by atoms with Gasteiger partial charge in [-0.2, -0.15) is 0 Å². The number of amidine groups is 1. The Labute approximate surface area is 203 Å². The molecule has 4 aromatic carbocycles. The molecule has 0 unspecified atom stereocenters. The Kier molecular flexibility index (Phi) is 5.27. The van der Waals surface area contributed by atoms with Gasteiger partial charge in [0.2, 0.25) is 5.72 Å². The molecule has 6 rings (SSSR count). The average Bonchev–Trinajstić information content (AvgIpc) is 3.22. The van der Waals surface area contributed by atoms with Crippen molar-refractivity contribution in [3.05, 3.63) is 126 Å². The fourth-order valence-corrected chi connectivity index (χ4v) is 6.12. The Morgan fingerprint density at radius 1 is 0.853 bits per heavy atom. The number of rotatable bonds is 4. The van der Waals surface area contributed by atoms with Crippen LogP contribution in [0.15, 0.2) is 119 Å². The van der Waals surface area contributed by atoms with Gasteiger partial charge in [0, 0.05) is 27.7 Å². The standard InChI is InChI=1S/C29H24N2O2S/c1-32-24-18-16-23(17-19-24)29-20-27(21-10-4-2-5-11-21)34-26-15-9-8-14-25(26)31(29)28(30-33-29)22-12-6-3-7-13-22/h2-19,27H,20H2,1H3/t27-,29-/m0/s1. The van der Waals surface area contributed by atoms with E-state index in [2.05, 4.69) is 83.8 Å². The molecule has 2 aliphatic rings. The van der Waals surface area contributed by atoms with Crippen molar-refractivity contribution in [3.63, 3.8) is 0 Å². The molecule has 2 aliphatic heterocycles. The van der Waals surface area contributed by atoms with Gasteiger partial charge in [-0.05, 0) is 42.0 Å². The van der Waals surface area contributed by atoms with E-state index in [1.807, 2.05) is 42.1 Å². The Balaban J connectivity index is 1.57. The minimum atomic E-state index is -0.794. The number of oxime groups is 1. The number of anilines is 1. The molecule has 0 amide bonds. The molecule has 34 heavy (non-hydrogen) atoms. The average molecular weight is 465 g/mol. The Morgan fingerprint density at radius 2 is 1.53 bits per heavy atom. The first kappa shape index (κ1) is 20.9. The van der Waals surface area contributed by atoms with Crippen LogP contribution in [-0.4, -0.2) is 12.9 Å². The largest absolute Gasteiger partial charge is 0.497 e. The van der Waals surface area contributed by atoms with E-state index in [9.17, 15) is 0 Å². The van der Waals surface area contributed by atoms with Crippen LogP contribution in [0.3, 0.4) is 0 Å². The first-order valence-corrected chi connectivity index (χ1v) is 12.2. The summed E-state index contributed by atoms with van der Waals surface area (Å²) in [5, 5.41) is 4.89. The molecule has 4 nitrogen and oxygen atoms in total. The van der Waals surface area contributed by atoms with E-state index >= 15 is 0 Å². The number of hydrogen-bond acceptors (Lipinski definition) is 5. The molecular formula is C29H24N2O2S. The van der Waals surface area contributed by atoms with Gasteiger partial charge in [-0.1, -0.05) is 78.0 Å². The van der Waals surface area contributed by atoms with E-state index in [1.165, 1.54) is 10.5 Å². The van der Waals surface area contributed by atoms with Crippen molar-refractivity contribution in [2.75, 3.05) is 12.0 Å². The van der Waals surface area contributed by atoms with Crippen LogP contribution in [0.5, 0.6) is 5.75 Å². The monoisotopic (exact) mass is 464 g/mol. The second-order valence-electron chi connectivity index (χ2n) is 8.41. The van der Waals surface area contributed by atoms with Crippen molar-refractivity contribution in [1.82, 2.24) is 0 Å². The Hall–Kier alpha value is -3.70. The van der Waals surface area contributed by atoms with Crippen LogP contribution < -0.4 is 9.64 Å². The summed E-state index contributed by atoms with van der Waals surface area (Å²) in [5.41, 5.74) is 3.64. The molecule has 2 heterocycles. The van der Waals surface area contributed by atoms with Crippen LogP contribution >= 0.6 is 11.8 Å². The van der Waals surface area contributed by atoms with Gasteiger partial charge in [-0.3, -0.25) is 4.90 Å². The van der Waals surface area contributed by atoms with Gasteiger partial charge in [-0.25, -0.2) is 0 Å². The third kappa shape index (κ3) is 3.44. The second kappa shape index (κ2) is 8.58. The van der Waals surface area contributed by atoms with Crippen molar-refractivity contribution in [2.24, 2.45) is 5.16 Å². The molecule has 0 aliphatic carbocycles. The highest BCUT2D eigenvalue weighted by atomic mass is 32.2. The number of thioether (sulfide) groups is 1. The molecule has 0 bridgehead atoms. The smallest absolute Gasteiger partial charge is 0.242 e. The molecule has 0 fully saturated rings. The van der Waals surface area contributed by atoms with Gasteiger partial charge in [0.05, 0.1) is 12.8 Å². The fourth-order valence-electron chi connectivity index (χ4n) is 4.77. The molecule has 2 atom stereocenters. The van der Waals surface area contributed by atoms with E-state index in [4.69, 9.17) is 14.7 Å². The van der Waals surface area contributed by atoms with Crippen LogP contribution in [0, 0.1) is 0 Å². The topological polar surface area (TPSA) is 34.1 Å². The van der Waals surface area contributed by atoms with E-state index in [1.54, 1.807) is 7.11 Å². The van der Waals surface area contributed by atoms with Gasteiger partial charge >= 0.3 is 0 Å². The maximum Gasteiger partial charge on any atom is 0.242 e. The maximum absolute atomic E-state index is 6.52. The van der Waals surface area contributed by atoms with Crippen molar-refractivity contribution in [3.8, 4) is 5.75 Å². The van der Waals surface area contributed by atoms with Crippen LogP contribution in [0.1, 0.15) is 28.4 Å². The molecule has 0 spiro atoms. The maximum atomic E-state index is 6.52. The van der Waals surface area contributed by atoms with Crippen molar-refractivity contribution >= 4 is 23.3 Å². The number of methoxy groups -OCH3 is 1. The molecule has 0 N–H and O–H groups in total. The Morgan fingerprint density at radius 3 is 2.26 bits per heavy atom. The summed E-state index contributed by atoms with van der Waals surface area (Å²) in [6.45, 7) is 0. The number of ether oxygens (including phenoxy) is 1. The second-order valence-corrected chi connectivity index (χ2v) is 9.65. The zero-order chi connectivity index (χ0) is 23.0. The van der Waals surface area contributed by atoms with Gasteiger partial charge in [-0.15, -0.1) is 11.8 Å². The van der Waals surface area contributed by atoms with Crippen molar-refractivity contribution < 1.29 is 9.57 Å². The van der Waals surface area contributed by atoms with Crippen LogP contribution in [0.2, 0.25) is 0 Å². The van der Waals surface area contributed by atoms with E-state index in [0.29, 0.717) is 0 Å². The van der Waals surface area contributed by atoms with Crippen molar-refractivity contribution in [2.45, 2.75) is 22.3 Å². The summed E-state index contributed by atoms with van der Waals surface area (Å²) in [6.07, 6.45) is 0.725. The summed E-state index contributed by atoms with van der Waals surface area (Å²) in [5.74, 6) is 1.63. The molecular weight excluding hydrogens is 440 g/mol. The minimum absolute atomic E-state index is 0.180. The number of hydrogen-bond donors (Lipinski definition) is 0. The van der Waals surface area contributed by atoms with E-state index < -0.39 is 5.72 Å². The summed E-state index contributed by atoms with van der Waals surface area (Å²) in [4.78, 5) is 10.0. The van der Waals surface area contributed by atoms with Gasteiger partial charge in [0.1, 0.15) is 5.75 Å². The normalized spacial score (nSPS) is 21.0. The van der Waals surface area contributed by atoms with Gasteiger partial charge in [0.15, 0.2) is 5.84 Å². The van der Waals surface area contributed by atoms with Crippen LogP contribution in [-0.2, 0) is 10.6 Å². The predicted octanol–water partition coefficient (Wildman–Crippen LogP) is 6.98. The molecule has 0 saturated carbocycles. The number of para-hydroxylation sites is 1. The quantitative estimate of drug-likeness (QED) is 0.326. The molecule has 168 valence electrons. The highest BCUT2D eigenvalue weighted by Crippen LogP contribution is 2.56. The first-order valence-electron chi connectivity index (χ1n) is 11.4. The summed E-state index contributed by atoms with van der Waals surface area (Å²) in [6, 6.07) is 37.7. The minimum Gasteiger partial charge on any atom is -0.497 e. The molecule has 0 aromatic heterocycles. The summed E-state index contributed by atoms with van der Waals surface area (Å²) < 4.78 is 5.44. The lowest BCUT2D eigenvalue weighted by molar-refractivity contribution is -0.0283. The Bertz CT molecular complexity index is 1330. The van der Waals surface area contributed by atoms with E-state index in [-0.39, 0.29) is 5.25 Å². The highest BCUT2D eigenvalue weighted by Gasteiger charge is 2.52. The van der Waals surface area contributed by atoms with Gasteiger partial charge in [0.25, 0.3) is 0 Å². The lowest BCUT2D eigenvalue weighted by Gasteiger charge is -2.38. The predicted molar refractivity (Wildman–Crippen MR) is 137 cm³/mol. The summed E-state index contributed by atoms with van der Waals surface area (Å²) in [7, 11) is 1.69. The van der Waals surface area contributed by atoms with Gasteiger partial charge < -0.3 is 9.57 Å². The number of fused-ring (bicyclic) bond motifs is 3. The lowest BCUT2D eigenvalue weighted by Crippen LogP contribution is -2.47. The molecule has 4 aromatic rings. The first-order chi connectivity index (χ1) is 16.8. The third-order valence-electron chi connectivity index (χ3n) is 6.44. The van der Waals surface area contributed by atoms with Crippen LogP contribution in [0.25, 0.3) is 0 Å². The lowest BCUT2D eigenvalue weighted by atomic mass is 9.92. The van der Waals surface area contributed by atoms with E-state index in [0.717, 1.165) is 34.8 Å².